The summed E-state index contributed by atoms with van der Waals surface area (Å²) >= 11 is 0. The summed E-state index contributed by atoms with van der Waals surface area (Å²) in [6, 6.07) is 13.1. The molecule has 0 spiro atoms. The summed E-state index contributed by atoms with van der Waals surface area (Å²) in [5.41, 5.74) is 10.0. The van der Waals surface area contributed by atoms with Crippen LogP contribution in [0, 0.1) is 0 Å². The third kappa shape index (κ3) is 5.86. The number of hydrogen-bond donors (Lipinski definition) is 0. The van der Waals surface area contributed by atoms with Crippen LogP contribution in [0.15, 0.2) is 52.6 Å². The van der Waals surface area contributed by atoms with Crippen LogP contribution < -0.4 is 0 Å². The first-order valence-electron chi connectivity index (χ1n) is 13.3. The van der Waals surface area contributed by atoms with Gasteiger partial charge in [-0.3, -0.25) is 4.99 Å². The fourth-order valence-corrected chi connectivity index (χ4v) is 4.70. The molecule has 0 radical (unpaired) electrons. The largest absolute Gasteiger partial charge is 0.332 e. The normalized spacial score (nSPS) is 13.1. The van der Waals surface area contributed by atoms with Crippen LogP contribution in [-0.2, 0) is 7.05 Å². The van der Waals surface area contributed by atoms with Crippen molar-refractivity contribution in [3.8, 4) is 0 Å². The first-order valence-corrected chi connectivity index (χ1v) is 13.3. The van der Waals surface area contributed by atoms with E-state index in [2.05, 4.69) is 116 Å². The second-order valence-corrected chi connectivity index (χ2v) is 11.1. The number of nitrogens with zero attached hydrogens (tertiary/aromatic N) is 4. The van der Waals surface area contributed by atoms with E-state index in [0.717, 1.165) is 34.3 Å². The third-order valence-corrected chi connectivity index (χ3v) is 6.81. The minimum atomic E-state index is 0.401. The fourth-order valence-electron chi connectivity index (χ4n) is 4.70. The van der Waals surface area contributed by atoms with Gasteiger partial charge in [0.05, 0.1) is 22.8 Å². The topological polar surface area (TPSA) is 42.5 Å². The lowest BCUT2D eigenvalue weighted by atomic mass is 9.93. The van der Waals surface area contributed by atoms with Gasteiger partial charge >= 0.3 is 0 Å². The molecule has 3 aromatic rings. The Kier molecular flexibility index (Phi) is 8.71. The van der Waals surface area contributed by atoms with E-state index in [0.29, 0.717) is 23.7 Å². The van der Waals surface area contributed by atoms with Crippen LogP contribution >= 0.6 is 0 Å². The molecule has 0 bridgehead atoms. The monoisotopic (exact) mass is 484 g/mol. The highest BCUT2D eigenvalue weighted by Crippen LogP contribution is 2.36. The Morgan fingerprint density at radius 3 is 1.36 bits per heavy atom. The standard InChI is InChI=1S/C32H44N4/c1-19(2)25-14-12-15-26(20(3)4)30(25)33-23(9)29-18-36(11)32(35-29)24(10)34-31-27(21(5)6)16-13-17-28(31)22(7)8/h12-22H,1-11H3/b33-23+,34-24+. The van der Waals surface area contributed by atoms with Gasteiger partial charge < -0.3 is 4.57 Å². The van der Waals surface area contributed by atoms with Gasteiger partial charge in [-0.1, -0.05) is 91.8 Å². The highest BCUT2D eigenvalue weighted by Gasteiger charge is 2.18. The molecule has 3 rings (SSSR count). The first kappa shape index (κ1) is 27.6. The Balaban J connectivity index is 2.09. The Morgan fingerprint density at radius 2 is 1.00 bits per heavy atom. The van der Waals surface area contributed by atoms with Crippen molar-refractivity contribution in [2.75, 3.05) is 0 Å². The second-order valence-electron chi connectivity index (χ2n) is 11.1. The van der Waals surface area contributed by atoms with Gasteiger partial charge in [0.1, 0.15) is 5.69 Å². The molecule has 0 aliphatic carbocycles. The molecule has 0 aliphatic heterocycles. The quantitative estimate of drug-likeness (QED) is 0.294. The minimum absolute atomic E-state index is 0.401. The number of hydrogen-bond acceptors (Lipinski definition) is 3. The van der Waals surface area contributed by atoms with E-state index in [-0.39, 0.29) is 0 Å². The average molecular weight is 485 g/mol. The molecule has 0 amide bonds. The summed E-state index contributed by atoms with van der Waals surface area (Å²) in [5.74, 6) is 2.48. The SMILES string of the molecule is C/C(=N\c1c(C(C)C)cccc1C(C)C)c1cn(C)c(/C(C)=N/c2c(C(C)C)cccc2C(C)C)n1. The molecular weight excluding hydrogens is 440 g/mol. The molecule has 0 aliphatic rings. The van der Waals surface area contributed by atoms with Crippen molar-refractivity contribution in [2.24, 2.45) is 17.0 Å². The molecule has 1 heterocycles. The van der Waals surface area contributed by atoms with Crippen molar-refractivity contribution < 1.29 is 0 Å². The van der Waals surface area contributed by atoms with Gasteiger partial charge in [0, 0.05) is 13.2 Å². The van der Waals surface area contributed by atoms with E-state index < -0.39 is 0 Å². The zero-order valence-corrected chi connectivity index (χ0v) is 24.1. The van der Waals surface area contributed by atoms with Crippen LogP contribution in [0.3, 0.4) is 0 Å². The van der Waals surface area contributed by atoms with Gasteiger partial charge in [0.2, 0.25) is 0 Å². The number of benzene rings is 2. The van der Waals surface area contributed by atoms with Gasteiger partial charge in [-0.05, 0) is 59.8 Å². The van der Waals surface area contributed by atoms with E-state index >= 15 is 0 Å². The Hall–Kier alpha value is -3.01. The fraction of sp³-hybridized carbons (Fsp3) is 0.469. The van der Waals surface area contributed by atoms with Gasteiger partial charge in [-0.25, -0.2) is 9.98 Å². The first-order chi connectivity index (χ1) is 16.9. The van der Waals surface area contributed by atoms with Crippen molar-refractivity contribution in [2.45, 2.75) is 92.9 Å². The van der Waals surface area contributed by atoms with Crippen molar-refractivity contribution >= 4 is 22.8 Å². The van der Waals surface area contributed by atoms with E-state index in [1.165, 1.54) is 22.3 Å². The number of aromatic nitrogens is 2. The van der Waals surface area contributed by atoms with Crippen molar-refractivity contribution in [3.63, 3.8) is 0 Å². The van der Waals surface area contributed by atoms with E-state index in [9.17, 15) is 0 Å². The van der Waals surface area contributed by atoms with Crippen LogP contribution in [-0.4, -0.2) is 21.0 Å². The maximum absolute atomic E-state index is 5.16. The maximum atomic E-state index is 5.16. The smallest absolute Gasteiger partial charge is 0.154 e. The number of aliphatic imine (C=N–C) groups is 2. The summed E-state index contributed by atoms with van der Waals surface area (Å²) in [4.78, 5) is 15.3. The van der Waals surface area contributed by atoms with Gasteiger partial charge in [-0.15, -0.1) is 0 Å². The summed E-state index contributed by atoms with van der Waals surface area (Å²) in [7, 11) is 2.04. The van der Waals surface area contributed by atoms with E-state index in [1.807, 2.05) is 7.05 Å². The van der Waals surface area contributed by atoms with E-state index in [4.69, 9.17) is 15.0 Å². The zero-order chi connectivity index (χ0) is 26.7. The zero-order valence-electron chi connectivity index (χ0n) is 24.1. The molecule has 0 unspecified atom stereocenters. The predicted molar refractivity (Wildman–Crippen MR) is 156 cm³/mol. The predicted octanol–water partition coefficient (Wildman–Crippen LogP) is 9.20. The highest BCUT2D eigenvalue weighted by atomic mass is 15.1. The lowest BCUT2D eigenvalue weighted by Gasteiger charge is -2.17. The molecule has 0 N–H and O–H groups in total. The number of para-hydroxylation sites is 2. The molecule has 0 atom stereocenters. The lowest BCUT2D eigenvalue weighted by Crippen LogP contribution is -2.06. The molecule has 0 saturated carbocycles. The van der Waals surface area contributed by atoms with Gasteiger partial charge in [0.25, 0.3) is 0 Å². The number of aryl methyl sites for hydroxylation is 1. The maximum Gasteiger partial charge on any atom is 0.154 e. The van der Waals surface area contributed by atoms with Gasteiger partial charge in [-0.2, -0.15) is 0 Å². The van der Waals surface area contributed by atoms with Crippen LogP contribution in [0.25, 0.3) is 0 Å². The Bertz CT molecular complexity index is 1220. The molecular formula is C32H44N4. The van der Waals surface area contributed by atoms with Crippen LogP contribution in [0.1, 0.15) is 127 Å². The third-order valence-electron chi connectivity index (χ3n) is 6.81. The lowest BCUT2D eigenvalue weighted by molar-refractivity contribution is 0.834. The molecule has 1 aromatic heterocycles. The van der Waals surface area contributed by atoms with Crippen LogP contribution in [0.2, 0.25) is 0 Å². The van der Waals surface area contributed by atoms with Gasteiger partial charge in [0.15, 0.2) is 5.82 Å². The van der Waals surface area contributed by atoms with Crippen molar-refractivity contribution in [1.29, 1.82) is 0 Å². The van der Waals surface area contributed by atoms with Crippen molar-refractivity contribution in [3.05, 3.63) is 76.4 Å². The molecule has 4 heteroatoms. The molecule has 4 nitrogen and oxygen atoms in total. The van der Waals surface area contributed by atoms with Crippen LogP contribution in [0.4, 0.5) is 11.4 Å². The summed E-state index contributed by atoms with van der Waals surface area (Å²) in [6.07, 6.45) is 2.07. The summed E-state index contributed by atoms with van der Waals surface area (Å²) < 4.78 is 2.07. The number of imidazole rings is 1. The summed E-state index contributed by atoms with van der Waals surface area (Å²) in [6.45, 7) is 22.0. The average Bonchev–Trinajstić information content (AvgIpc) is 3.20. The second kappa shape index (κ2) is 11.4. The molecule has 36 heavy (non-hydrogen) atoms. The Morgan fingerprint density at radius 1 is 0.639 bits per heavy atom. The molecule has 192 valence electrons. The molecule has 2 aromatic carbocycles. The molecule has 0 fully saturated rings. The molecule has 0 saturated heterocycles. The number of rotatable bonds is 8. The van der Waals surface area contributed by atoms with E-state index in [1.54, 1.807) is 0 Å². The van der Waals surface area contributed by atoms with Crippen LogP contribution in [0.5, 0.6) is 0 Å². The Labute approximate surface area is 218 Å². The van der Waals surface area contributed by atoms with Crippen molar-refractivity contribution in [1.82, 2.24) is 9.55 Å². The summed E-state index contributed by atoms with van der Waals surface area (Å²) in [5, 5.41) is 0. The highest BCUT2D eigenvalue weighted by molar-refractivity contribution is 6.02. The minimum Gasteiger partial charge on any atom is -0.332 e.